The van der Waals surface area contributed by atoms with Crippen molar-refractivity contribution in [1.29, 1.82) is 0 Å². The van der Waals surface area contributed by atoms with Crippen molar-refractivity contribution in [2.24, 2.45) is 11.7 Å². The first-order valence-corrected chi connectivity index (χ1v) is 6.17. The predicted octanol–water partition coefficient (Wildman–Crippen LogP) is -0.940. The van der Waals surface area contributed by atoms with E-state index in [1.807, 2.05) is 0 Å². The highest BCUT2D eigenvalue weighted by atomic mass is 16.4. The minimum Gasteiger partial charge on any atom is -0.481 e. The lowest BCUT2D eigenvalue weighted by atomic mass is 10.1. The standard InChI is InChI=1S/C11H17N5O3/c12-4-9-6-16(14-13-9)7-10(17)15-2-1-8(5-15)3-11(18)19/h6,8H,1-5,7,12H2,(H,18,19). The Morgan fingerprint density at radius 3 is 2.95 bits per heavy atom. The summed E-state index contributed by atoms with van der Waals surface area (Å²) in [6.45, 7) is 1.52. The van der Waals surface area contributed by atoms with E-state index in [2.05, 4.69) is 10.3 Å². The molecule has 2 heterocycles. The molecule has 1 amide bonds. The maximum atomic E-state index is 12.0. The van der Waals surface area contributed by atoms with Crippen molar-refractivity contribution in [3.8, 4) is 0 Å². The molecular weight excluding hydrogens is 250 g/mol. The van der Waals surface area contributed by atoms with Crippen LogP contribution in [0.5, 0.6) is 0 Å². The summed E-state index contributed by atoms with van der Waals surface area (Å²) in [5.41, 5.74) is 6.05. The minimum atomic E-state index is -0.817. The second-order valence-electron chi connectivity index (χ2n) is 4.70. The number of amides is 1. The number of carboxylic acids is 1. The lowest BCUT2D eigenvalue weighted by molar-refractivity contribution is -0.138. The zero-order valence-electron chi connectivity index (χ0n) is 10.5. The molecule has 1 aliphatic rings. The topological polar surface area (TPSA) is 114 Å². The SMILES string of the molecule is NCc1cn(CC(=O)N2CCC(CC(=O)O)C2)nn1. The molecule has 1 aromatic rings. The first-order chi connectivity index (χ1) is 9.08. The van der Waals surface area contributed by atoms with Gasteiger partial charge in [0.05, 0.1) is 11.9 Å². The van der Waals surface area contributed by atoms with E-state index < -0.39 is 5.97 Å². The van der Waals surface area contributed by atoms with E-state index in [4.69, 9.17) is 10.8 Å². The number of nitrogens with zero attached hydrogens (tertiary/aromatic N) is 4. The number of carbonyl (C=O) groups excluding carboxylic acids is 1. The molecule has 1 aliphatic heterocycles. The molecule has 0 bridgehead atoms. The van der Waals surface area contributed by atoms with Gasteiger partial charge >= 0.3 is 5.97 Å². The van der Waals surface area contributed by atoms with Gasteiger partial charge in [-0.1, -0.05) is 5.21 Å². The lowest BCUT2D eigenvalue weighted by Crippen LogP contribution is -2.32. The van der Waals surface area contributed by atoms with E-state index in [-0.39, 0.29) is 24.8 Å². The van der Waals surface area contributed by atoms with Gasteiger partial charge in [-0.15, -0.1) is 5.10 Å². The van der Waals surface area contributed by atoms with Gasteiger partial charge in [-0.2, -0.15) is 0 Å². The van der Waals surface area contributed by atoms with Gasteiger partial charge in [0.25, 0.3) is 0 Å². The number of aliphatic carboxylic acids is 1. The summed E-state index contributed by atoms with van der Waals surface area (Å²) in [5.74, 6) is -0.832. The molecule has 3 N–H and O–H groups in total. The Bertz CT molecular complexity index is 473. The van der Waals surface area contributed by atoms with Gasteiger partial charge in [-0.05, 0) is 12.3 Å². The summed E-state index contributed by atoms with van der Waals surface area (Å²) in [6, 6.07) is 0. The van der Waals surface area contributed by atoms with E-state index in [0.717, 1.165) is 6.42 Å². The van der Waals surface area contributed by atoms with Crippen LogP contribution in [-0.4, -0.2) is 50.0 Å². The van der Waals surface area contributed by atoms with E-state index >= 15 is 0 Å². The van der Waals surface area contributed by atoms with Crippen molar-refractivity contribution in [3.05, 3.63) is 11.9 Å². The number of carboxylic acid groups (broad SMARTS) is 1. The van der Waals surface area contributed by atoms with Gasteiger partial charge in [0.1, 0.15) is 6.54 Å². The normalized spacial score (nSPS) is 18.8. The van der Waals surface area contributed by atoms with Gasteiger partial charge in [-0.25, -0.2) is 4.68 Å². The van der Waals surface area contributed by atoms with Crippen molar-refractivity contribution in [1.82, 2.24) is 19.9 Å². The minimum absolute atomic E-state index is 0.0526. The van der Waals surface area contributed by atoms with Crippen LogP contribution in [-0.2, 0) is 22.7 Å². The first kappa shape index (κ1) is 13.5. The molecule has 19 heavy (non-hydrogen) atoms. The van der Waals surface area contributed by atoms with Gasteiger partial charge in [0.15, 0.2) is 0 Å². The number of carbonyl (C=O) groups is 2. The largest absolute Gasteiger partial charge is 0.481 e. The molecule has 1 aromatic heterocycles. The van der Waals surface area contributed by atoms with Crippen molar-refractivity contribution in [2.75, 3.05) is 13.1 Å². The second kappa shape index (κ2) is 5.79. The number of likely N-dealkylation sites (tertiary alicyclic amines) is 1. The van der Waals surface area contributed by atoms with Crippen molar-refractivity contribution < 1.29 is 14.7 Å². The van der Waals surface area contributed by atoms with Crippen LogP contribution in [0, 0.1) is 5.92 Å². The van der Waals surface area contributed by atoms with E-state index in [0.29, 0.717) is 25.3 Å². The molecule has 0 spiro atoms. The zero-order chi connectivity index (χ0) is 13.8. The van der Waals surface area contributed by atoms with E-state index in [1.165, 1.54) is 4.68 Å². The third-order valence-electron chi connectivity index (χ3n) is 3.19. The maximum absolute atomic E-state index is 12.0. The van der Waals surface area contributed by atoms with Gasteiger partial charge in [0.2, 0.25) is 5.91 Å². The maximum Gasteiger partial charge on any atom is 0.303 e. The fourth-order valence-electron chi connectivity index (χ4n) is 2.22. The van der Waals surface area contributed by atoms with Gasteiger partial charge < -0.3 is 15.7 Å². The average molecular weight is 267 g/mol. The smallest absolute Gasteiger partial charge is 0.303 e. The fourth-order valence-corrected chi connectivity index (χ4v) is 2.22. The molecule has 8 heteroatoms. The molecule has 0 aromatic carbocycles. The number of hydrogen-bond acceptors (Lipinski definition) is 5. The second-order valence-corrected chi connectivity index (χ2v) is 4.70. The quantitative estimate of drug-likeness (QED) is 0.711. The summed E-state index contributed by atoms with van der Waals surface area (Å²) >= 11 is 0. The molecule has 0 aliphatic carbocycles. The van der Waals surface area contributed by atoms with Crippen molar-refractivity contribution >= 4 is 11.9 Å². The predicted molar refractivity (Wildman–Crippen MR) is 64.9 cm³/mol. The summed E-state index contributed by atoms with van der Waals surface area (Å²) in [5, 5.41) is 16.3. The highest BCUT2D eigenvalue weighted by Crippen LogP contribution is 2.19. The zero-order valence-corrected chi connectivity index (χ0v) is 10.5. The highest BCUT2D eigenvalue weighted by Gasteiger charge is 2.27. The van der Waals surface area contributed by atoms with Crippen molar-refractivity contribution in [2.45, 2.75) is 25.9 Å². The Labute approximate surface area is 110 Å². The monoisotopic (exact) mass is 267 g/mol. The summed E-state index contributed by atoms with van der Waals surface area (Å²) in [4.78, 5) is 24.3. The van der Waals surface area contributed by atoms with Crippen LogP contribution in [0.1, 0.15) is 18.5 Å². The molecule has 104 valence electrons. The molecule has 1 unspecified atom stereocenters. The molecule has 1 fully saturated rings. The Hall–Kier alpha value is -1.96. The summed E-state index contributed by atoms with van der Waals surface area (Å²) < 4.78 is 1.45. The number of nitrogens with two attached hydrogens (primary N) is 1. The average Bonchev–Trinajstić information content (AvgIpc) is 2.97. The molecular formula is C11H17N5O3. The summed E-state index contributed by atoms with van der Waals surface area (Å²) in [7, 11) is 0. The van der Waals surface area contributed by atoms with Crippen LogP contribution < -0.4 is 5.73 Å². The fraction of sp³-hybridized carbons (Fsp3) is 0.636. The molecule has 2 rings (SSSR count). The molecule has 1 saturated heterocycles. The van der Waals surface area contributed by atoms with Crippen LogP contribution in [0.3, 0.4) is 0 Å². The van der Waals surface area contributed by atoms with Crippen LogP contribution in [0.2, 0.25) is 0 Å². The van der Waals surface area contributed by atoms with Crippen LogP contribution >= 0.6 is 0 Å². The molecule has 0 saturated carbocycles. The Morgan fingerprint density at radius 1 is 1.53 bits per heavy atom. The Kier molecular flexibility index (Phi) is 4.10. The highest BCUT2D eigenvalue weighted by molar-refractivity contribution is 5.76. The number of hydrogen-bond donors (Lipinski definition) is 2. The Morgan fingerprint density at radius 2 is 2.32 bits per heavy atom. The number of aromatic nitrogens is 3. The Balaban J connectivity index is 1.85. The van der Waals surface area contributed by atoms with Crippen LogP contribution in [0.25, 0.3) is 0 Å². The molecule has 1 atom stereocenters. The third-order valence-corrected chi connectivity index (χ3v) is 3.19. The summed E-state index contributed by atoms with van der Waals surface area (Å²) in [6.07, 6.45) is 2.50. The first-order valence-electron chi connectivity index (χ1n) is 6.17. The molecule has 8 nitrogen and oxygen atoms in total. The van der Waals surface area contributed by atoms with Gasteiger partial charge in [-0.3, -0.25) is 9.59 Å². The van der Waals surface area contributed by atoms with Crippen LogP contribution in [0.4, 0.5) is 0 Å². The molecule has 0 radical (unpaired) electrons. The third kappa shape index (κ3) is 3.50. The van der Waals surface area contributed by atoms with E-state index in [1.54, 1.807) is 11.1 Å². The number of rotatable bonds is 5. The van der Waals surface area contributed by atoms with E-state index in [9.17, 15) is 9.59 Å². The van der Waals surface area contributed by atoms with Crippen molar-refractivity contribution in [3.63, 3.8) is 0 Å². The van der Waals surface area contributed by atoms with Crippen LogP contribution in [0.15, 0.2) is 6.20 Å². The van der Waals surface area contributed by atoms with Gasteiger partial charge in [0, 0.05) is 26.1 Å². The lowest BCUT2D eigenvalue weighted by Gasteiger charge is -2.15.